The van der Waals surface area contributed by atoms with E-state index in [4.69, 9.17) is 16.3 Å². The summed E-state index contributed by atoms with van der Waals surface area (Å²) in [6.07, 6.45) is 1.04. The fourth-order valence-corrected chi connectivity index (χ4v) is 1.76. The summed E-state index contributed by atoms with van der Waals surface area (Å²) in [7, 11) is 0. The van der Waals surface area contributed by atoms with Crippen LogP contribution in [0.5, 0.6) is 0 Å². The zero-order valence-electron chi connectivity index (χ0n) is 10.1. The molecule has 1 aromatic rings. The van der Waals surface area contributed by atoms with Gasteiger partial charge in [-0.3, -0.25) is 0 Å². The van der Waals surface area contributed by atoms with Gasteiger partial charge in [0, 0.05) is 24.8 Å². The van der Waals surface area contributed by atoms with Crippen LogP contribution >= 0.6 is 11.6 Å². The van der Waals surface area contributed by atoms with Gasteiger partial charge in [-0.2, -0.15) is 0 Å². The van der Waals surface area contributed by atoms with E-state index >= 15 is 0 Å². The Labute approximate surface area is 103 Å². The number of halogens is 1. The Morgan fingerprint density at radius 2 is 2.19 bits per heavy atom. The second-order valence-corrected chi connectivity index (χ2v) is 4.23. The van der Waals surface area contributed by atoms with Crippen LogP contribution < -0.4 is 5.32 Å². The van der Waals surface area contributed by atoms with Gasteiger partial charge in [-0.25, -0.2) is 0 Å². The topological polar surface area (TPSA) is 21.3 Å². The molecular formula is C13H20ClNO. The van der Waals surface area contributed by atoms with Gasteiger partial charge in [0.05, 0.1) is 0 Å². The van der Waals surface area contributed by atoms with Crippen LogP contribution in [0, 0.1) is 6.92 Å². The number of rotatable bonds is 7. The number of nitrogens with one attached hydrogen (secondary N) is 1. The van der Waals surface area contributed by atoms with Crippen molar-refractivity contribution in [1.82, 2.24) is 5.32 Å². The molecule has 0 radical (unpaired) electrons. The summed E-state index contributed by atoms with van der Waals surface area (Å²) in [6, 6.07) is 6.16. The van der Waals surface area contributed by atoms with Crippen molar-refractivity contribution in [2.24, 2.45) is 0 Å². The van der Waals surface area contributed by atoms with E-state index in [1.807, 2.05) is 19.9 Å². The Hall–Kier alpha value is -0.570. The maximum absolute atomic E-state index is 6.13. The highest BCUT2D eigenvalue weighted by molar-refractivity contribution is 6.31. The maximum Gasteiger partial charge on any atom is 0.0477 e. The van der Waals surface area contributed by atoms with E-state index in [1.54, 1.807) is 0 Å². The van der Waals surface area contributed by atoms with Gasteiger partial charge in [0.25, 0.3) is 0 Å². The summed E-state index contributed by atoms with van der Waals surface area (Å²) in [4.78, 5) is 0. The molecule has 16 heavy (non-hydrogen) atoms. The third-order valence-corrected chi connectivity index (χ3v) is 2.72. The summed E-state index contributed by atoms with van der Waals surface area (Å²) >= 11 is 6.13. The molecule has 0 amide bonds. The fraction of sp³-hybridized carbons (Fsp3) is 0.538. The molecule has 0 heterocycles. The van der Waals surface area contributed by atoms with Gasteiger partial charge in [0.15, 0.2) is 0 Å². The van der Waals surface area contributed by atoms with Crippen molar-refractivity contribution in [3.63, 3.8) is 0 Å². The molecule has 0 aliphatic carbocycles. The second-order valence-electron chi connectivity index (χ2n) is 3.82. The molecular weight excluding hydrogens is 222 g/mol. The van der Waals surface area contributed by atoms with E-state index in [2.05, 4.69) is 17.4 Å². The summed E-state index contributed by atoms with van der Waals surface area (Å²) in [6.45, 7) is 7.47. The highest BCUT2D eigenvalue weighted by Gasteiger charge is 1.99. The molecule has 3 heteroatoms. The number of hydrogen-bond donors (Lipinski definition) is 1. The molecule has 0 atom stereocenters. The van der Waals surface area contributed by atoms with Crippen LogP contribution in [0.25, 0.3) is 0 Å². The predicted octanol–water partition coefficient (Wildman–Crippen LogP) is 3.16. The lowest BCUT2D eigenvalue weighted by atomic mass is 10.1. The van der Waals surface area contributed by atoms with Crippen LogP contribution in [-0.4, -0.2) is 19.8 Å². The Kier molecular flexibility index (Phi) is 6.46. The standard InChI is InChI=1S/C13H20ClNO/c1-3-16-8-4-7-15-10-12-6-5-11(2)9-13(12)14/h5-6,9,15H,3-4,7-8,10H2,1-2H3. The van der Waals surface area contributed by atoms with Crippen molar-refractivity contribution in [3.8, 4) is 0 Å². The molecule has 0 fully saturated rings. The third kappa shape index (κ3) is 4.97. The van der Waals surface area contributed by atoms with Crippen LogP contribution in [0.1, 0.15) is 24.5 Å². The van der Waals surface area contributed by atoms with E-state index in [0.29, 0.717) is 0 Å². The van der Waals surface area contributed by atoms with Crippen LogP contribution in [0.4, 0.5) is 0 Å². The molecule has 0 aliphatic rings. The van der Waals surface area contributed by atoms with Gasteiger partial charge in [-0.05, 0) is 44.0 Å². The average molecular weight is 242 g/mol. The fourth-order valence-electron chi connectivity index (χ4n) is 1.46. The largest absolute Gasteiger partial charge is 0.382 e. The molecule has 1 aromatic carbocycles. The molecule has 0 saturated carbocycles. The average Bonchev–Trinajstić information content (AvgIpc) is 2.26. The molecule has 1 N–H and O–H groups in total. The van der Waals surface area contributed by atoms with Crippen molar-refractivity contribution in [2.45, 2.75) is 26.8 Å². The second kappa shape index (κ2) is 7.66. The van der Waals surface area contributed by atoms with E-state index in [9.17, 15) is 0 Å². The number of benzene rings is 1. The normalized spacial score (nSPS) is 10.7. The van der Waals surface area contributed by atoms with E-state index in [1.165, 1.54) is 5.56 Å². The predicted molar refractivity (Wildman–Crippen MR) is 69.0 cm³/mol. The number of hydrogen-bond acceptors (Lipinski definition) is 2. The summed E-state index contributed by atoms with van der Waals surface area (Å²) in [5.74, 6) is 0. The lowest BCUT2D eigenvalue weighted by Gasteiger charge is -2.07. The van der Waals surface area contributed by atoms with Crippen molar-refractivity contribution < 1.29 is 4.74 Å². The highest BCUT2D eigenvalue weighted by atomic mass is 35.5. The van der Waals surface area contributed by atoms with Crippen molar-refractivity contribution in [3.05, 3.63) is 34.3 Å². The molecule has 0 aliphatic heterocycles. The first-order chi connectivity index (χ1) is 7.74. The first kappa shape index (κ1) is 13.5. The maximum atomic E-state index is 6.13. The SMILES string of the molecule is CCOCCCNCc1ccc(C)cc1Cl. The third-order valence-electron chi connectivity index (χ3n) is 2.37. The Morgan fingerprint density at radius 1 is 1.38 bits per heavy atom. The molecule has 0 bridgehead atoms. The first-order valence-electron chi connectivity index (χ1n) is 5.77. The lowest BCUT2D eigenvalue weighted by molar-refractivity contribution is 0.144. The minimum Gasteiger partial charge on any atom is -0.382 e. The zero-order valence-corrected chi connectivity index (χ0v) is 10.8. The van der Waals surface area contributed by atoms with Crippen LogP contribution in [0.2, 0.25) is 5.02 Å². The smallest absolute Gasteiger partial charge is 0.0477 e. The molecule has 2 nitrogen and oxygen atoms in total. The van der Waals surface area contributed by atoms with Crippen molar-refractivity contribution >= 4 is 11.6 Å². The van der Waals surface area contributed by atoms with Crippen LogP contribution in [0.15, 0.2) is 18.2 Å². The Morgan fingerprint density at radius 3 is 2.88 bits per heavy atom. The molecule has 0 spiro atoms. The number of aryl methyl sites for hydroxylation is 1. The molecule has 0 saturated heterocycles. The molecule has 1 rings (SSSR count). The lowest BCUT2D eigenvalue weighted by Crippen LogP contribution is -2.16. The molecule has 0 aromatic heterocycles. The highest BCUT2D eigenvalue weighted by Crippen LogP contribution is 2.17. The number of ether oxygens (including phenoxy) is 1. The monoisotopic (exact) mass is 241 g/mol. The van der Waals surface area contributed by atoms with Crippen molar-refractivity contribution in [1.29, 1.82) is 0 Å². The van der Waals surface area contributed by atoms with Gasteiger partial charge in [-0.1, -0.05) is 23.7 Å². The molecule has 0 unspecified atom stereocenters. The summed E-state index contributed by atoms with van der Waals surface area (Å²) in [5.41, 5.74) is 2.36. The van der Waals surface area contributed by atoms with Crippen molar-refractivity contribution in [2.75, 3.05) is 19.8 Å². The van der Waals surface area contributed by atoms with Gasteiger partial charge in [0.1, 0.15) is 0 Å². The minimum absolute atomic E-state index is 0.795. The Balaban J connectivity index is 2.21. The minimum atomic E-state index is 0.795. The van der Waals surface area contributed by atoms with Gasteiger partial charge < -0.3 is 10.1 Å². The molecule has 90 valence electrons. The summed E-state index contributed by atoms with van der Waals surface area (Å²) < 4.78 is 5.26. The van der Waals surface area contributed by atoms with Gasteiger partial charge in [0.2, 0.25) is 0 Å². The quantitative estimate of drug-likeness (QED) is 0.741. The van der Waals surface area contributed by atoms with Crippen LogP contribution in [-0.2, 0) is 11.3 Å². The van der Waals surface area contributed by atoms with Gasteiger partial charge >= 0.3 is 0 Å². The van der Waals surface area contributed by atoms with E-state index in [-0.39, 0.29) is 0 Å². The van der Waals surface area contributed by atoms with Gasteiger partial charge in [-0.15, -0.1) is 0 Å². The van der Waals surface area contributed by atoms with E-state index in [0.717, 1.165) is 43.3 Å². The summed E-state index contributed by atoms with van der Waals surface area (Å²) in [5, 5.41) is 4.20. The zero-order chi connectivity index (χ0) is 11.8. The van der Waals surface area contributed by atoms with E-state index < -0.39 is 0 Å². The van der Waals surface area contributed by atoms with Crippen LogP contribution in [0.3, 0.4) is 0 Å². The first-order valence-corrected chi connectivity index (χ1v) is 6.15. The Bertz CT molecular complexity index is 315.